The lowest BCUT2D eigenvalue weighted by Gasteiger charge is -2.02. The van der Waals surface area contributed by atoms with E-state index in [9.17, 15) is 14.9 Å². The first-order valence-electron chi connectivity index (χ1n) is 6.64. The van der Waals surface area contributed by atoms with E-state index >= 15 is 0 Å². The molecule has 0 atom stereocenters. The highest BCUT2D eigenvalue weighted by atomic mass is 35.5. The molecule has 0 radical (unpaired) electrons. The van der Waals surface area contributed by atoms with Crippen LogP contribution in [-0.4, -0.2) is 26.8 Å². The zero-order valence-corrected chi connectivity index (χ0v) is 13.2. The minimum absolute atomic E-state index is 0.0811. The van der Waals surface area contributed by atoms with E-state index in [1.165, 1.54) is 17.8 Å². The van der Waals surface area contributed by atoms with E-state index in [1.807, 2.05) is 0 Å². The number of aryl methyl sites for hydroxylation is 1. The highest BCUT2D eigenvalue weighted by Crippen LogP contribution is 2.21. The van der Waals surface area contributed by atoms with Crippen LogP contribution in [0.4, 0.5) is 5.69 Å². The highest BCUT2D eigenvalue weighted by Gasteiger charge is 2.22. The summed E-state index contributed by atoms with van der Waals surface area (Å²) >= 11 is 5.77. The maximum Gasteiger partial charge on any atom is 0.312 e. The van der Waals surface area contributed by atoms with Crippen LogP contribution >= 0.6 is 11.6 Å². The summed E-state index contributed by atoms with van der Waals surface area (Å²) in [5, 5.41) is 19.3. The van der Waals surface area contributed by atoms with Crippen LogP contribution in [0.15, 0.2) is 29.4 Å². The van der Waals surface area contributed by atoms with E-state index in [0.29, 0.717) is 10.7 Å². The third-order valence-electron chi connectivity index (χ3n) is 3.09. The molecule has 0 aliphatic heterocycles. The standard InChI is InChI=1S/C14H14ClN5O3/c1-9-14(20(22)23)10(2)19(18-9)8-13(21)17-16-7-11-3-5-12(15)6-4-11/h3-7H,8H2,1-2H3,(H,17,21)/b16-7+. The Morgan fingerprint density at radius 3 is 2.65 bits per heavy atom. The Hall–Kier alpha value is -2.74. The molecule has 23 heavy (non-hydrogen) atoms. The summed E-state index contributed by atoms with van der Waals surface area (Å²) in [5.41, 5.74) is 3.63. The second kappa shape index (κ2) is 7.01. The molecule has 1 aromatic heterocycles. The Balaban J connectivity index is 1.99. The van der Waals surface area contributed by atoms with Gasteiger partial charge in [0.25, 0.3) is 5.91 Å². The lowest BCUT2D eigenvalue weighted by atomic mass is 10.2. The van der Waals surface area contributed by atoms with Gasteiger partial charge in [-0.2, -0.15) is 10.2 Å². The van der Waals surface area contributed by atoms with Gasteiger partial charge in [-0.15, -0.1) is 0 Å². The minimum atomic E-state index is -0.509. The number of hydrogen-bond acceptors (Lipinski definition) is 5. The average Bonchev–Trinajstić information content (AvgIpc) is 2.75. The van der Waals surface area contributed by atoms with Crippen molar-refractivity contribution < 1.29 is 9.72 Å². The van der Waals surface area contributed by atoms with Crippen molar-refractivity contribution in [2.75, 3.05) is 0 Å². The summed E-state index contributed by atoms with van der Waals surface area (Å²) in [5.74, 6) is -0.435. The lowest BCUT2D eigenvalue weighted by Crippen LogP contribution is -2.24. The number of nitrogens with one attached hydrogen (secondary N) is 1. The first-order chi connectivity index (χ1) is 10.9. The largest absolute Gasteiger partial charge is 0.312 e. The quantitative estimate of drug-likeness (QED) is 0.514. The van der Waals surface area contributed by atoms with Gasteiger partial charge >= 0.3 is 5.69 Å². The van der Waals surface area contributed by atoms with Crippen molar-refractivity contribution in [3.05, 3.63) is 56.4 Å². The molecule has 0 saturated heterocycles. The SMILES string of the molecule is Cc1nn(CC(=O)N/N=C/c2ccc(Cl)cc2)c(C)c1[N+](=O)[O-]. The monoisotopic (exact) mass is 335 g/mol. The van der Waals surface area contributed by atoms with E-state index < -0.39 is 10.8 Å². The maximum atomic E-state index is 11.8. The molecule has 0 fully saturated rings. The molecule has 2 rings (SSSR count). The maximum absolute atomic E-state index is 11.8. The van der Waals surface area contributed by atoms with Gasteiger partial charge in [0.15, 0.2) is 0 Å². The Bertz CT molecular complexity index is 767. The van der Waals surface area contributed by atoms with Gasteiger partial charge in [-0.05, 0) is 31.5 Å². The van der Waals surface area contributed by atoms with Crippen LogP contribution in [0.25, 0.3) is 0 Å². The zero-order chi connectivity index (χ0) is 17.0. The lowest BCUT2D eigenvalue weighted by molar-refractivity contribution is -0.386. The van der Waals surface area contributed by atoms with E-state index in [2.05, 4.69) is 15.6 Å². The van der Waals surface area contributed by atoms with Gasteiger partial charge in [0.2, 0.25) is 0 Å². The predicted octanol–water partition coefficient (Wildman–Crippen LogP) is 2.21. The molecule has 0 aliphatic rings. The predicted molar refractivity (Wildman–Crippen MR) is 85.5 cm³/mol. The van der Waals surface area contributed by atoms with Crippen LogP contribution in [0.3, 0.4) is 0 Å². The van der Waals surface area contributed by atoms with Crippen LogP contribution in [0, 0.1) is 24.0 Å². The molecule has 8 nitrogen and oxygen atoms in total. The van der Waals surface area contributed by atoms with Gasteiger partial charge in [-0.25, -0.2) is 5.43 Å². The molecule has 9 heteroatoms. The fraction of sp³-hybridized carbons (Fsp3) is 0.214. The van der Waals surface area contributed by atoms with Gasteiger partial charge in [0.1, 0.15) is 17.9 Å². The van der Waals surface area contributed by atoms with Crippen molar-refractivity contribution in [3.63, 3.8) is 0 Å². The second-order valence-corrected chi connectivity index (χ2v) is 5.22. The van der Waals surface area contributed by atoms with Crippen molar-refractivity contribution >= 4 is 29.4 Å². The number of benzene rings is 1. The number of carbonyl (C=O) groups excluding carboxylic acids is 1. The molecule has 1 N–H and O–H groups in total. The fourth-order valence-electron chi connectivity index (χ4n) is 2.00. The van der Waals surface area contributed by atoms with Gasteiger partial charge in [0.05, 0.1) is 11.1 Å². The number of aromatic nitrogens is 2. The molecule has 0 spiro atoms. The number of hydrazone groups is 1. The summed E-state index contributed by atoms with van der Waals surface area (Å²) in [6.45, 7) is 2.92. The van der Waals surface area contributed by atoms with Crippen LogP contribution in [0.5, 0.6) is 0 Å². The molecule has 0 saturated carbocycles. The molecule has 0 bridgehead atoms. The molecular formula is C14H14ClN5O3. The van der Waals surface area contributed by atoms with Crippen molar-refractivity contribution in [2.45, 2.75) is 20.4 Å². The second-order valence-electron chi connectivity index (χ2n) is 4.78. The Morgan fingerprint density at radius 1 is 1.43 bits per heavy atom. The fourth-order valence-corrected chi connectivity index (χ4v) is 2.13. The van der Waals surface area contributed by atoms with E-state index in [0.717, 1.165) is 5.56 Å². The highest BCUT2D eigenvalue weighted by molar-refractivity contribution is 6.30. The van der Waals surface area contributed by atoms with Gasteiger partial charge in [-0.3, -0.25) is 19.6 Å². The summed E-state index contributed by atoms with van der Waals surface area (Å²) in [4.78, 5) is 22.2. The number of rotatable bonds is 5. The van der Waals surface area contributed by atoms with E-state index in [1.54, 1.807) is 31.2 Å². The Morgan fingerprint density at radius 2 is 2.09 bits per heavy atom. The summed E-state index contributed by atoms with van der Waals surface area (Å²) in [7, 11) is 0. The van der Waals surface area contributed by atoms with Gasteiger partial charge in [-0.1, -0.05) is 23.7 Å². The first kappa shape index (κ1) is 16.6. The molecule has 120 valence electrons. The first-order valence-corrected chi connectivity index (χ1v) is 7.02. The third-order valence-corrected chi connectivity index (χ3v) is 3.34. The molecule has 1 amide bonds. The molecule has 1 heterocycles. The van der Waals surface area contributed by atoms with Crippen LogP contribution in [0.1, 0.15) is 17.0 Å². The molecule has 1 aromatic carbocycles. The Kier molecular flexibility index (Phi) is 5.07. The zero-order valence-electron chi connectivity index (χ0n) is 12.5. The molecule has 0 unspecified atom stereocenters. The smallest absolute Gasteiger partial charge is 0.271 e. The number of nitrogens with zero attached hydrogens (tertiary/aromatic N) is 4. The topological polar surface area (TPSA) is 102 Å². The van der Waals surface area contributed by atoms with Crippen LogP contribution in [-0.2, 0) is 11.3 Å². The van der Waals surface area contributed by atoms with Crippen molar-refractivity contribution in [3.8, 4) is 0 Å². The van der Waals surface area contributed by atoms with Crippen LogP contribution in [0.2, 0.25) is 5.02 Å². The number of hydrogen-bond donors (Lipinski definition) is 1. The van der Waals surface area contributed by atoms with Gasteiger partial charge in [0, 0.05) is 5.02 Å². The minimum Gasteiger partial charge on any atom is -0.271 e. The number of amides is 1. The van der Waals surface area contributed by atoms with Crippen molar-refractivity contribution in [2.24, 2.45) is 5.10 Å². The van der Waals surface area contributed by atoms with Crippen molar-refractivity contribution in [1.82, 2.24) is 15.2 Å². The number of halogens is 1. The summed E-state index contributed by atoms with van der Waals surface area (Å²) < 4.78 is 1.28. The molecule has 0 aliphatic carbocycles. The normalized spacial score (nSPS) is 10.9. The molecule has 2 aromatic rings. The van der Waals surface area contributed by atoms with Crippen molar-refractivity contribution in [1.29, 1.82) is 0 Å². The number of nitro groups is 1. The third kappa shape index (κ3) is 4.13. The van der Waals surface area contributed by atoms with E-state index in [-0.39, 0.29) is 17.9 Å². The number of carbonyl (C=O) groups is 1. The summed E-state index contributed by atoms with van der Waals surface area (Å²) in [6, 6.07) is 6.92. The average molecular weight is 336 g/mol. The summed E-state index contributed by atoms with van der Waals surface area (Å²) in [6.07, 6.45) is 1.47. The van der Waals surface area contributed by atoms with Crippen LogP contribution < -0.4 is 5.43 Å². The van der Waals surface area contributed by atoms with E-state index in [4.69, 9.17) is 11.6 Å². The molecular weight excluding hydrogens is 322 g/mol. The Labute approximate surface area is 136 Å². The van der Waals surface area contributed by atoms with Gasteiger partial charge < -0.3 is 0 Å².